The molecule has 1 aliphatic carbocycles. The quantitative estimate of drug-likeness (QED) is 0.581. The van der Waals surface area contributed by atoms with E-state index in [2.05, 4.69) is 79.5 Å². The lowest BCUT2D eigenvalue weighted by Gasteiger charge is -2.39. The Hall–Kier alpha value is -2.55. The molecule has 1 amide bonds. The first kappa shape index (κ1) is 20.4. The number of amides is 1. The zero-order valence-electron chi connectivity index (χ0n) is 19.0. The number of carbonyl (C=O) groups excluding carboxylic acids is 1. The Morgan fingerprint density at radius 3 is 2.52 bits per heavy atom. The lowest BCUT2D eigenvalue weighted by molar-refractivity contribution is 0.0698. The van der Waals surface area contributed by atoms with Crippen molar-refractivity contribution in [2.45, 2.75) is 57.9 Å². The van der Waals surface area contributed by atoms with Crippen molar-refractivity contribution in [3.05, 3.63) is 76.9 Å². The lowest BCUT2D eigenvalue weighted by Crippen LogP contribution is -2.39. The van der Waals surface area contributed by atoms with Crippen molar-refractivity contribution in [2.75, 3.05) is 18.4 Å². The minimum atomic E-state index is 0.186. The van der Waals surface area contributed by atoms with Gasteiger partial charge in [-0.1, -0.05) is 69.3 Å². The number of nitrogens with one attached hydrogen (secondary N) is 1. The molecule has 3 nitrogen and oxygen atoms in total. The number of para-hydroxylation sites is 1. The molecule has 3 heteroatoms. The number of fused-ring (bicyclic) bond motifs is 3. The van der Waals surface area contributed by atoms with E-state index in [0.717, 1.165) is 49.5 Å². The van der Waals surface area contributed by atoms with Crippen LogP contribution in [0, 0.1) is 11.8 Å². The van der Waals surface area contributed by atoms with Crippen LogP contribution in [0.1, 0.15) is 85.0 Å². The van der Waals surface area contributed by atoms with Crippen molar-refractivity contribution in [1.29, 1.82) is 0 Å². The van der Waals surface area contributed by atoms with E-state index < -0.39 is 0 Å². The van der Waals surface area contributed by atoms with E-state index >= 15 is 0 Å². The summed E-state index contributed by atoms with van der Waals surface area (Å²) in [4.78, 5) is 15.6. The van der Waals surface area contributed by atoms with E-state index in [1.807, 2.05) is 6.07 Å². The molecule has 3 atom stereocenters. The Morgan fingerprint density at radius 2 is 1.81 bits per heavy atom. The van der Waals surface area contributed by atoms with Gasteiger partial charge >= 0.3 is 0 Å². The van der Waals surface area contributed by atoms with Crippen LogP contribution in [0.25, 0.3) is 0 Å². The third-order valence-electron chi connectivity index (χ3n) is 7.66. The lowest BCUT2D eigenvalue weighted by atomic mass is 9.76. The molecule has 3 aliphatic rings. The van der Waals surface area contributed by atoms with E-state index in [1.54, 1.807) is 0 Å². The third-order valence-corrected chi connectivity index (χ3v) is 7.66. The largest absolute Gasteiger partial charge is 0.377 e. The summed E-state index contributed by atoms with van der Waals surface area (Å²) in [6, 6.07) is 15.6. The van der Waals surface area contributed by atoms with Crippen LogP contribution in [0.5, 0.6) is 0 Å². The monoisotopic (exact) mass is 414 g/mol. The smallest absolute Gasteiger partial charge is 0.255 e. The Bertz CT molecular complexity index is 983. The highest BCUT2D eigenvalue weighted by atomic mass is 16.2. The van der Waals surface area contributed by atoms with Crippen LogP contribution in [0.2, 0.25) is 0 Å². The Kier molecular flexibility index (Phi) is 5.37. The van der Waals surface area contributed by atoms with E-state index in [0.29, 0.717) is 17.8 Å². The van der Waals surface area contributed by atoms with Gasteiger partial charge < -0.3 is 10.2 Å². The number of nitrogens with zero attached hydrogens (tertiary/aromatic N) is 1. The third kappa shape index (κ3) is 3.69. The molecule has 0 spiro atoms. The summed E-state index contributed by atoms with van der Waals surface area (Å²) in [5.74, 6) is 2.31. The summed E-state index contributed by atoms with van der Waals surface area (Å²) in [5, 5.41) is 3.84. The topological polar surface area (TPSA) is 32.3 Å². The highest BCUT2D eigenvalue weighted by Gasteiger charge is 2.39. The Balaban J connectivity index is 1.50. The molecule has 0 bridgehead atoms. The number of likely N-dealkylation sites (tertiary alicyclic amines) is 1. The van der Waals surface area contributed by atoms with Crippen LogP contribution in [0.3, 0.4) is 0 Å². The van der Waals surface area contributed by atoms with Gasteiger partial charge in [0.2, 0.25) is 0 Å². The highest BCUT2D eigenvalue weighted by Crippen LogP contribution is 2.50. The molecule has 5 rings (SSSR count). The number of hydrogen-bond acceptors (Lipinski definition) is 2. The van der Waals surface area contributed by atoms with Crippen molar-refractivity contribution in [3.63, 3.8) is 0 Å². The normalized spacial score (nSPS) is 25.3. The van der Waals surface area contributed by atoms with Gasteiger partial charge in [-0.2, -0.15) is 0 Å². The van der Waals surface area contributed by atoms with E-state index in [9.17, 15) is 4.79 Å². The second kappa shape index (κ2) is 8.18. The van der Waals surface area contributed by atoms with Crippen molar-refractivity contribution < 1.29 is 4.79 Å². The molecule has 2 aromatic rings. The van der Waals surface area contributed by atoms with Gasteiger partial charge in [-0.05, 0) is 59.8 Å². The number of piperidine rings is 1. The zero-order valence-corrected chi connectivity index (χ0v) is 19.0. The first-order valence-corrected chi connectivity index (χ1v) is 12.0. The summed E-state index contributed by atoms with van der Waals surface area (Å²) in [5.41, 5.74) is 5.87. The van der Waals surface area contributed by atoms with Gasteiger partial charge in [0.15, 0.2) is 0 Å². The maximum Gasteiger partial charge on any atom is 0.255 e. The molecule has 0 radical (unpaired) electrons. The van der Waals surface area contributed by atoms with Crippen molar-refractivity contribution in [2.24, 2.45) is 11.8 Å². The number of benzene rings is 2. The molecule has 3 unspecified atom stereocenters. The first-order chi connectivity index (χ1) is 15.0. The molecule has 2 aliphatic heterocycles. The van der Waals surface area contributed by atoms with Gasteiger partial charge in [0, 0.05) is 19.0 Å². The van der Waals surface area contributed by atoms with Gasteiger partial charge in [-0.25, -0.2) is 0 Å². The molecule has 1 saturated heterocycles. The number of carbonyl (C=O) groups is 1. The van der Waals surface area contributed by atoms with Gasteiger partial charge in [0.1, 0.15) is 0 Å². The van der Waals surface area contributed by atoms with Crippen LogP contribution in [0.15, 0.2) is 54.6 Å². The van der Waals surface area contributed by atoms with Crippen LogP contribution in [-0.4, -0.2) is 23.9 Å². The van der Waals surface area contributed by atoms with Gasteiger partial charge in [-0.15, -0.1) is 0 Å². The molecule has 0 saturated carbocycles. The zero-order chi connectivity index (χ0) is 21.5. The maximum atomic E-state index is 13.5. The fraction of sp³-hybridized carbons (Fsp3) is 0.464. The molecule has 0 aromatic heterocycles. The van der Waals surface area contributed by atoms with E-state index in [-0.39, 0.29) is 11.9 Å². The molecular formula is C28H34N2O. The Morgan fingerprint density at radius 1 is 1.06 bits per heavy atom. The highest BCUT2D eigenvalue weighted by molar-refractivity contribution is 6.01. The second-order valence-electron chi connectivity index (χ2n) is 10.0. The predicted molar refractivity (Wildman–Crippen MR) is 128 cm³/mol. The SMILES string of the molecule is CC1CCN(C(=O)c2cccc3c2NC(c2ccc(C(C)C)cc2)C2CC=CC32)CC1. The van der Waals surface area contributed by atoms with Crippen molar-refractivity contribution in [1.82, 2.24) is 4.90 Å². The minimum Gasteiger partial charge on any atom is -0.377 e. The fourth-order valence-electron chi connectivity index (χ4n) is 5.60. The minimum absolute atomic E-state index is 0.186. The number of allylic oxidation sites excluding steroid dienone is 2. The molecule has 2 heterocycles. The van der Waals surface area contributed by atoms with Crippen LogP contribution < -0.4 is 5.32 Å². The summed E-state index contributed by atoms with van der Waals surface area (Å²) >= 11 is 0. The van der Waals surface area contributed by atoms with Gasteiger partial charge in [-0.3, -0.25) is 4.79 Å². The molecule has 31 heavy (non-hydrogen) atoms. The molecule has 2 aromatic carbocycles. The fourth-order valence-corrected chi connectivity index (χ4v) is 5.60. The van der Waals surface area contributed by atoms with Crippen molar-refractivity contribution >= 4 is 11.6 Å². The number of rotatable bonds is 3. The van der Waals surface area contributed by atoms with E-state index in [1.165, 1.54) is 16.7 Å². The predicted octanol–water partition coefficient (Wildman–Crippen LogP) is 6.51. The summed E-state index contributed by atoms with van der Waals surface area (Å²) in [7, 11) is 0. The first-order valence-electron chi connectivity index (χ1n) is 12.0. The van der Waals surface area contributed by atoms with E-state index in [4.69, 9.17) is 0 Å². The molecule has 1 N–H and O–H groups in total. The average molecular weight is 415 g/mol. The molecule has 162 valence electrons. The Labute approximate surface area is 186 Å². The number of hydrogen-bond donors (Lipinski definition) is 1. The maximum absolute atomic E-state index is 13.5. The van der Waals surface area contributed by atoms with Gasteiger partial charge in [0.25, 0.3) is 5.91 Å². The van der Waals surface area contributed by atoms with Crippen LogP contribution in [0.4, 0.5) is 5.69 Å². The summed E-state index contributed by atoms with van der Waals surface area (Å²) in [6.45, 7) is 8.50. The standard InChI is InChI=1S/C28H34N2O/c1-18(2)20-10-12-21(13-11-20)26-23-7-4-6-22(23)24-8-5-9-25(27(24)29-26)28(31)30-16-14-19(3)15-17-30/h4-6,8-13,18-19,22-23,26,29H,7,14-17H2,1-3H3. The molecule has 1 fully saturated rings. The van der Waals surface area contributed by atoms with Crippen LogP contribution in [-0.2, 0) is 0 Å². The summed E-state index contributed by atoms with van der Waals surface area (Å²) in [6.07, 6.45) is 7.97. The van der Waals surface area contributed by atoms with Gasteiger partial charge in [0.05, 0.1) is 17.3 Å². The number of anilines is 1. The van der Waals surface area contributed by atoms with Crippen molar-refractivity contribution in [3.8, 4) is 0 Å². The molecular weight excluding hydrogens is 380 g/mol. The second-order valence-corrected chi connectivity index (χ2v) is 10.0. The van der Waals surface area contributed by atoms with Crippen LogP contribution >= 0.6 is 0 Å². The average Bonchev–Trinajstić information content (AvgIpc) is 3.28. The summed E-state index contributed by atoms with van der Waals surface area (Å²) < 4.78 is 0.